The van der Waals surface area contributed by atoms with Gasteiger partial charge in [0.1, 0.15) is 6.04 Å². The van der Waals surface area contributed by atoms with E-state index < -0.39 is 6.04 Å². The summed E-state index contributed by atoms with van der Waals surface area (Å²) in [6.45, 7) is 1.83. The first-order chi connectivity index (χ1) is 8.62. The Labute approximate surface area is 108 Å². The number of imide groups is 1. The number of amides is 2. The highest BCUT2D eigenvalue weighted by molar-refractivity contribution is 5.99. The fraction of sp³-hybridized carbons (Fsp3) is 0.786. The van der Waals surface area contributed by atoms with E-state index in [9.17, 15) is 9.59 Å². The van der Waals surface area contributed by atoms with Crippen LogP contribution < -0.4 is 0 Å². The molecule has 2 rings (SSSR count). The average molecular weight is 248 g/mol. The number of piperidine rings is 1. The van der Waals surface area contributed by atoms with Gasteiger partial charge in [0.05, 0.1) is 6.07 Å². The van der Waals surface area contributed by atoms with Crippen LogP contribution in [0.15, 0.2) is 0 Å². The molecule has 2 fully saturated rings. The van der Waals surface area contributed by atoms with Crippen molar-refractivity contribution in [1.29, 1.82) is 5.26 Å². The van der Waals surface area contributed by atoms with E-state index in [4.69, 9.17) is 5.26 Å². The maximum atomic E-state index is 12.2. The van der Waals surface area contributed by atoms with Gasteiger partial charge in [-0.3, -0.25) is 14.5 Å². The van der Waals surface area contributed by atoms with Crippen LogP contribution in [-0.2, 0) is 9.59 Å². The highest BCUT2D eigenvalue weighted by Gasteiger charge is 2.45. The summed E-state index contributed by atoms with van der Waals surface area (Å²) in [5.74, 6) is -0.275. The number of carbonyl (C=O) groups excluding carboxylic acids is 2. The van der Waals surface area contributed by atoms with Gasteiger partial charge in [0, 0.05) is 12.8 Å². The van der Waals surface area contributed by atoms with Gasteiger partial charge in [-0.2, -0.15) is 5.26 Å². The Bertz CT molecular complexity index is 371. The smallest absolute Gasteiger partial charge is 0.230 e. The molecular formula is C14H20N2O2. The molecule has 1 saturated carbocycles. The summed E-state index contributed by atoms with van der Waals surface area (Å²) < 4.78 is 0. The van der Waals surface area contributed by atoms with Crippen molar-refractivity contribution in [2.45, 2.75) is 64.3 Å². The Morgan fingerprint density at radius 1 is 1.22 bits per heavy atom. The van der Waals surface area contributed by atoms with Gasteiger partial charge in [-0.1, -0.05) is 26.2 Å². The summed E-state index contributed by atoms with van der Waals surface area (Å²) in [6.07, 6.45) is 6.85. The zero-order valence-corrected chi connectivity index (χ0v) is 10.9. The van der Waals surface area contributed by atoms with Crippen LogP contribution in [0.5, 0.6) is 0 Å². The molecule has 1 saturated heterocycles. The second-order valence-corrected chi connectivity index (χ2v) is 5.62. The van der Waals surface area contributed by atoms with Crippen LogP contribution in [0.1, 0.15) is 58.3 Å². The van der Waals surface area contributed by atoms with Gasteiger partial charge >= 0.3 is 0 Å². The third-order valence-electron chi connectivity index (χ3n) is 4.35. The van der Waals surface area contributed by atoms with Crippen molar-refractivity contribution in [2.24, 2.45) is 5.41 Å². The van der Waals surface area contributed by atoms with Gasteiger partial charge in [0.15, 0.2) is 0 Å². The number of hydrogen-bond donors (Lipinski definition) is 0. The zero-order valence-electron chi connectivity index (χ0n) is 10.9. The molecule has 4 nitrogen and oxygen atoms in total. The van der Waals surface area contributed by atoms with Crippen LogP contribution in [0.4, 0.5) is 0 Å². The quantitative estimate of drug-likeness (QED) is 0.705. The Hall–Kier alpha value is -1.37. The molecule has 1 heterocycles. The summed E-state index contributed by atoms with van der Waals surface area (Å²) in [6, 6.07) is 1.48. The molecule has 4 heteroatoms. The Morgan fingerprint density at radius 3 is 2.22 bits per heavy atom. The second kappa shape index (κ2) is 5.09. The van der Waals surface area contributed by atoms with E-state index >= 15 is 0 Å². The minimum absolute atomic E-state index is 0.0866. The molecule has 1 atom stereocenters. The van der Waals surface area contributed by atoms with E-state index in [1.807, 2.05) is 6.92 Å². The Morgan fingerprint density at radius 2 is 1.78 bits per heavy atom. The SMILES string of the molecule is CCC(C#N)N1C(=O)CC2(CCCCC2)CC1=O. The van der Waals surface area contributed by atoms with Gasteiger partial charge in [-0.05, 0) is 24.7 Å². The molecule has 1 aliphatic carbocycles. The lowest BCUT2D eigenvalue weighted by Crippen LogP contribution is -2.52. The topological polar surface area (TPSA) is 61.2 Å². The standard InChI is InChI=1S/C14H20N2O2/c1-2-11(10-15)16-12(17)8-14(9-13(16)18)6-4-3-5-7-14/h11H,2-9H2,1H3. The second-order valence-electron chi connectivity index (χ2n) is 5.62. The van der Waals surface area contributed by atoms with Crippen LogP contribution in [0.25, 0.3) is 0 Å². The lowest BCUT2D eigenvalue weighted by Gasteiger charge is -2.43. The van der Waals surface area contributed by atoms with E-state index in [0.29, 0.717) is 19.3 Å². The van der Waals surface area contributed by atoms with Crippen molar-refractivity contribution in [3.63, 3.8) is 0 Å². The highest BCUT2D eigenvalue weighted by atomic mass is 16.2. The maximum absolute atomic E-state index is 12.2. The first kappa shape index (κ1) is 13.1. The van der Waals surface area contributed by atoms with E-state index in [1.54, 1.807) is 0 Å². The minimum Gasteiger partial charge on any atom is -0.274 e. The monoisotopic (exact) mass is 248 g/mol. The largest absolute Gasteiger partial charge is 0.274 e. The Balaban J connectivity index is 2.15. The fourth-order valence-corrected chi connectivity index (χ4v) is 3.35. The first-order valence-electron chi connectivity index (χ1n) is 6.86. The van der Waals surface area contributed by atoms with Crippen molar-refractivity contribution < 1.29 is 9.59 Å². The first-order valence-corrected chi connectivity index (χ1v) is 6.86. The highest BCUT2D eigenvalue weighted by Crippen LogP contribution is 2.45. The van der Waals surface area contributed by atoms with Crippen LogP contribution in [0.3, 0.4) is 0 Å². The molecule has 2 amide bonds. The third-order valence-corrected chi connectivity index (χ3v) is 4.35. The minimum atomic E-state index is -0.578. The van der Waals surface area contributed by atoms with Crippen molar-refractivity contribution in [3.8, 4) is 6.07 Å². The van der Waals surface area contributed by atoms with E-state index in [0.717, 1.165) is 25.7 Å². The molecule has 2 aliphatic rings. The molecule has 0 bridgehead atoms. The van der Waals surface area contributed by atoms with Crippen LogP contribution in [-0.4, -0.2) is 22.8 Å². The molecule has 0 aromatic rings. The fourth-order valence-electron chi connectivity index (χ4n) is 3.35. The van der Waals surface area contributed by atoms with E-state index in [2.05, 4.69) is 6.07 Å². The number of rotatable bonds is 2. The lowest BCUT2D eigenvalue weighted by molar-refractivity contribution is -0.156. The molecule has 0 radical (unpaired) electrons. The van der Waals surface area contributed by atoms with Gasteiger partial charge in [0.2, 0.25) is 11.8 Å². The predicted octanol–water partition coefficient (Wildman–Crippen LogP) is 2.39. The van der Waals surface area contributed by atoms with Gasteiger partial charge < -0.3 is 0 Å². The lowest BCUT2D eigenvalue weighted by atomic mass is 9.67. The number of carbonyl (C=O) groups is 2. The summed E-state index contributed by atoms with van der Waals surface area (Å²) in [4.78, 5) is 25.6. The van der Waals surface area contributed by atoms with E-state index in [-0.39, 0.29) is 17.2 Å². The average Bonchev–Trinajstić information content (AvgIpc) is 2.34. The number of likely N-dealkylation sites (tertiary alicyclic amines) is 1. The molecule has 0 N–H and O–H groups in total. The summed E-state index contributed by atoms with van der Waals surface area (Å²) in [7, 11) is 0. The predicted molar refractivity (Wildman–Crippen MR) is 66.3 cm³/mol. The molecule has 0 aromatic heterocycles. The van der Waals surface area contributed by atoms with Crippen molar-refractivity contribution in [3.05, 3.63) is 0 Å². The summed E-state index contributed by atoms with van der Waals surface area (Å²) >= 11 is 0. The van der Waals surface area contributed by atoms with E-state index in [1.165, 1.54) is 11.3 Å². The summed E-state index contributed by atoms with van der Waals surface area (Å²) in [5, 5.41) is 9.02. The zero-order chi connectivity index (χ0) is 13.2. The normalized spacial score (nSPS) is 25.0. The Kier molecular flexibility index (Phi) is 3.70. The molecular weight excluding hydrogens is 228 g/mol. The van der Waals surface area contributed by atoms with Crippen molar-refractivity contribution >= 4 is 11.8 Å². The summed E-state index contributed by atoms with van der Waals surface area (Å²) in [5.41, 5.74) is -0.0866. The molecule has 1 aliphatic heterocycles. The van der Waals surface area contributed by atoms with Crippen LogP contribution >= 0.6 is 0 Å². The van der Waals surface area contributed by atoms with Gasteiger partial charge in [0.25, 0.3) is 0 Å². The number of nitrogens with zero attached hydrogens (tertiary/aromatic N) is 2. The van der Waals surface area contributed by atoms with Gasteiger partial charge in [-0.15, -0.1) is 0 Å². The van der Waals surface area contributed by atoms with Crippen molar-refractivity contribution in [2.75, 3.05) is 0 Å². The molecule has 98 valence electrons. The molecule has 18 heavy (non-hydrogen) atoms. The molecule has 1 spiro atoms. The molecule has 0 aromatic carbocycles. The van der Waals surface area contributed by atoms with Gasteiger partial charge in [-0.25, -0.2) is 0 Å². The number of hydrogen-bond acceptors (Lipinski definition) is 3. The number of nitriles is 1. The van der Waals surface area contributed by atoms with Crippen LogP contribution in [0, 0.1) is 16.7 Å². The maximum Gasteiger partial charge on any atom is 0.230 e. The van der Waals surface area contributed by atoms with Crippen molar-refractivity contribution in [1.82, 2.24) is 4.90 Å². The molecule has 1 unspecified atom stereocenters. The third kappa shape index (κ3) is 2.27. The van der Waals surface area contributed by atoms with Crippen LogP contribution in [0.2, 0.25) is 0 Å².